The number of hydrogen-bond donors (Lipinski definition) is 2. The molecule has 2 aromatic carbocycles. The fraction of sp³-hybridized carbons (Fsp3) is 0.0556. The van der Waals surface area contributed by atoms with Crippen LogP contribution in [0.4, 0.5) is 5.69 Å². The fourth-order valence-corrected chi connectivity index (χ4v) is 3.36. The minimum atomic E-state index is -3.74. The van der Waals surface area contributed by atoms with Crippen molar-refractivity contribution in [3.8, 4) is 17.1 Å². The Morgan fingerprint density at radius 1 is 1.00 bits per heavy atom. The standard InChI is InChI=1S/C18H16N2O5S/c1-24-14-6-4-13(5-7-14)20-26(22,23)15-8-2-12(3-9-15)16-10-11-17(25-16)18(19)21/h2-11,20H,1H3,(H2,19,21). The first-order valence-electron chi connectivity index (χ1n) is 7.56. The van der Waals surface area contributed by atoms with E-state index in [-0.39, 0.29) is 10.7 Å². The van der Waals surface area contributed by atoms with Crippen LogP contribution in [0, 0.1) is 0 Å². The lowest BCUT2D eigenvalue weighted by atomic mass is 10.2. The van der Waals surface area contributed by atoms with Gasteiger partial charge in [0.05, 0.1) is 12.0 Å². The molecule has 0 bridgehead atoms. The van der Waals surface area contributed by atoms with E-state index in [0.29, 0.717) is 22.8 Å². The molecule has 0 saturated carbocycles. The summed E-state index contributed by atoms with van der Waals surface area (Å²) in [6.07, 6.45) is 0. The Morgan fingerprint density at radius 2 is 1.65 bits per heavy atom. The van der Waals surface area contributed by atoms with Crippen LogP contribution in [0.1, 0.15) is 10.6 Å². The first kappa shape index (κ1) is 17.6. The van der Waals surface area contributed by atoms with E-state index in [2.05, 4.69) is 4.72 Å². The second kappa shape index (κ2) is 6.93. The summed E-state index contributed by atoms with van der Waals surface area (Å²) in [5.41, 5.74) is 6.20. The van der Waals surface area contributed by atoms with E-state index in [1.165, 1.54) is 25.3 Å². The molecule has 3 rings (SSSR count). The normalized spacial score (nSPS) is 11.1. The average Bonchev–Trinajstić information content (AvgIpc) is 3.13. The molecular formula is C18H16N2O5S. The number of hydrogen-bond acceptors (Lipinski definition) is 5. The molecule has 3 aromatic rings. The molecular weight excluding hydrogens is 356 g/mol. The van der Waals surface area contributed by atoms with Crippen molar-refractivity contribution in [2.75, 3.05) is 11.8 Å². The van der Waals surface area contributed by atoms with Crippen LogP contribution in [0.3, 0.4) is 0 Å². The van der Waals surface area contributed by atoms with Gasteiger partial charge in [-0.3, -0.25) is 9.52 Å². The third kappa shape index (κ3) is 3.70. The summed E-state index contributed by atoms with van der Waals surface area (Å²) in [7, 11) is -2.20. The van der Waals surface area contributed by atoms with E-state index < -0.39 is 15.9 Å². The van der Waals surface area contributed by atoms with Gasteiger partial charge in [-0.15, -0.1) is 0 Å². The monoisotopic (exact) mass is 372 g/mol. The average molecular weight is 372 g/mol. The Balaban J connectivity index is 1.80. The van der Waals surface area contributed by atoms with Crippen molar-refractivity contribution >= 4 is 21.6 Å². The number of benzene rings is 2. The summed E-state index contributed by atoms with van der Waals surface area (Å²) >= 11 is 0. The van der Waals surface area contributed by atoms with Crippen LogP contribution >= 0.6 is 0 Å². The van der Waals surface area contributed by atoms with Crippen molar-refractivity contribution < 1.29 is 22.4 Å². The Bertz CT molecular complexity index is 1020. The molecule has 0 saturated heterocycles. The van der Waals surface area contributed by atoms with Crippen LogP contribution in [0.15, 0.2) is 70.0 Å². The summed E-state index contributed by atoms with van der Waals surface area (Å²) in [5.74, 6) is 0.425. The van der Waals surface area contributed by atoms with Crippen molar-refractivity contribution in [3.63, 3.8) is 0 Å². The minimum Gasteiger partial charge on any atom is -0.497 e. The SMILES string of the molecule is COc1ccc(NS(=O)(=O)c2ccc(-c3ccc(C(N)=O)o3)cc2)cc1. The largest absolute Gasteiger partial charge is 0.497 e. The molecule has 0 aliphatic carbocycles. The van der Waals surface area contributed by atoms with Gasteiger partial charge in [-0.1, -0.05) is 0 Å². The van der Waals surface area contributed by atoms with Crippen molar-refractivity contribution in [3.05, 3.63) is 66.4 Å². The molecule has 3 N–H and O–H groups in total. The van der Waals surface area contributed by atoms with Gasteiger partial charge in [-0.05, 0) is 60.7 Å². The number of sulfonamides is 1. The van der Waals surface area contributed by atoms with Gasteiger partial charge in [-0.2, -0.15) is 0 Å². The van der Waals surface area contributed by atoms with Gasteiger partial charge in [0, 0.05) is 11.3 Å². The molecule has 0 aliphatic rings. The first-order chi connectivity index (χ1) is 12.4. The first-order valence-corrected chi connectivity index (χ1v) is 9.04. The Labute approximate surface area is 150 Å². The van der Waals surface area contributed by atoms with Gasteiger partial charge in [0.2, 0.25) is 0 Å². The van der Waals surface area contributed by atoms with Crippen LogP contribution in [0.5, 0.6) is 5.75 Å². The van der Waals surface area contributed by atoms with Crippen molar-refractivity contribution in [2.24, 2.45) is 5.73 Å². The zero-order valence-corrected chi connectivity index (χ0v) is 14.6. The number of carbonyl (C=O) groups excluding carboxylic acids is 1. The molecule has 0 fully saturated rings. The number of nitrogens with two attached hydrogens (primary N) is 1. The molecule has 26 heavy (non-hydrogen) atoms. The van der Waals surface area contributed by atoms with Gasteiger partial charge >= 0.3 is 0 Å². The number of primary amides is 1. The molecule has 0 unspecified atom stereocenters. The van der Waals surface area contributed by atoms with Crippen LogP contribution in [-0.2, 0) is 10.0 Å². The van der Waals surface area contributed by atoms with E-state index in [1.807, 2.05) is 0 Å². The smallest absolute Gasteiger partial charge is 0.284 e. The fourth-order valence-electron chi connectivity index (χ4n) is 2.30. The highest BCUT2D eigenvalue weighted by atomic mass is 32.2. The number of carbonyl (C=O) groups is 1. The highest BCUT2D eigenvalue weighted by Crippen LogP contribution is 2.25. The quantitative estimate of drug-likeness (QED) is 0.691. The number of anilines is 1. The highest BCUT2D eigenvalue weighted by molar-refractivity contribution is 7.92. The maximum absolute atomic E-state index is 12.5. The molecule has 0 atom stereocenters. The topological polar surface area (TPSA) is 112 Å². The number of amides is 1. The van der Waals surface area contributed by atoms with E-state index >= 15 is 0 Å². The summed E-state index contributed by atoms with van der Waals surface area (Å²) in [5, 5.41) is 0. The number of rotatable bonds is 6. The Morgan fingerprint density at radius 3 is 2.19 bits per heavy atom. The zero-order valence-electron chi connectivity index (χ0n) is 13.8. The maximum Gasteiger partial charge on any atom is 0.284 e. The van der Waals surface area contributed by atoms with Crippen molar-refractivity contribution in [1.29, 1.82) is 0 Å². The van der Waals surface area contributed by atoms with E-state index in [9.17, 15) is 13.2 Å². The van der Waals surface area contributed by atoms with E-state index in [0.717, 1.165) is 0 Å². The van der Waals surface area contributed by atoms with Crippen LogP contribution in [0.25, 0.3) is 11.3 Å². The molecule has 1 aromatic heterocycles. The third-order valence-corrected chi connectivity index (χ3v) is 5.04. The summed E-state index contributed by atoms with van der Waals surface area (Å²) in [6.45, 7) is 0. The van der Waals surface area contributed by atoms with E-state index in [1.54, 1.807) is 42.5 Å². The lowest BCUT2D eigenvalue weighted by Crippen LogP contribution is -2.12. The van der Waals surface area contributed by atoms with Crippen LogP contribution in [-0.4, -0.2) is 21.4 Å². The molecule has 7 nitrogen and oxygen atoms in total. The number of nitrogens with one attached hydrogen (secondary N) is 1. The predicted molar refractivity (Wildman–Crippen MR) is 96.5 cm³/mol. The minimum absolute atomic E-state index is 0.0397. The molecule has 0 radical (unpaired) electrons. The molecule has 0 spiro atoms. The van der Waals surface area contributed by atoms with E-state index in [4.69, 9.17) is 14.9 Å². The van der Waals surface area contributed by atoms with Crippen molar-refractivity contribution in [2.45, 2.75) is 4.90 Å². The number of methoxy groups -OCH3 is 1. The summed E-state index contributed by atoms with van der Waals surface area (Å²) < 4.78 is 37.8. The lowest BCUT2D eigenvalue weighted by Gasteiger charge is -2.09. The second-order valence-electron chi connectivity index (χ2n) is 5.39. The Hall–Kier alpha value is -3.26. The molecule has 1 heterocycles. The molecule has 134 valence electrons. The van der Waals surface area contributed by atoms with Gasteiger partial charge in [0.25, 0.3) is 15.9 Å². The molecule has 0 aliphatic heterocycles. The van der Waals surface area contributed by atoms with Crippen LogP contribution < -0.4 is 15.2 Å². The maximum atomic E-state index is 12.5. The van der Waals surface area contributed by atoms with Gasteiger partial charge in [-0.25, -0.2) is 8.42 Å². The highest BCUT2D eigenvalue weighted by Gasteiger charge is 2.15. The van der Waals surface area contributed by atoms with Gasteiger partial charge in [0.1, 0.15) is 11.5 Å². The zero-order chi connectivity index (χ0) is 18.7. The van der Waals surface area contributed by atoms with Gasteiger partial charge < -0.3 is 14.9 Å². The summed E-state index contributed by atoms with van der Waals surface area (Å²) in [6, 6.07) is 15.7. The number of furan rings is 1. The van der Waals surface area contributed by atoms with Crippen LogP contribution in [0.2, 0.25) is 0 Å². The Kier molecular flexibility index (Phi) is 4.68. The molecule has 1 amide bonds. The summed E-state index contributed by atoms with van der Waals surface area (Å²) in [4.78, 5) is 11.2. The van der Waals surface area contributed by atoms with Crippen molar-refractivity contribution in [1.82, 2.24) is 0 Å². The van der Waals surface area contributed by atoms with Gasteiger partial charge in [0.15, 0.2) is 5.76 Å². The number of ether oxygens (including phenoxy) is 1. The lowest BCUT2D eigenvalue weighted by molar-refractivity contribution is 0.0974. The predicted octanol–water partition coefficient (Wildman–Crippen LogP) is 2.85. The second-order valence-corrected chi connectivity index (χ2v) is 7.07. The molecule has 8 heteroatoms. The third-order valence-electron chi connectivity index (χ3n) is 3.64.